The monoisotopic (exact) mass is 495 g/mol. The summed E-state index contributed by atoms with van der Waals surface area (Å²) in [5, 5.41) is 7.57. The van der Waals surface area contributed by atoms with E-state index >= 15 is 0 Å². The van der Waals surface area contributed by atoms with E-state index in [4.69, 9.17) is 25.4 Å². The van der Waals surface area contributed by atoms with Crippen molar-refractivity contribution in [2.45, 2.75) is 26.7 Å². The third-order valence-corrected chi connectivity index (χ3v) is 5.94. The van der Waals surface area contributed by atoms with Crippen molar-refractivity contribution >= 4 is 22.0 Å². The Morgan fingerprint density at radius 2 is 1.94 bits per heavy atom. The Morgan fingerprint density at radius 1 is 1.16 bits per heavy atom. The normalized spacial score (nSPS) is 14.7. The molecular weight excluding hydrogens is 470 g/mol. The standard InChI is InChI=1S/C25H26BrN3O3/c1-25(2,3)14-31-21-9-8-20-22(23(21)26)18(13-30-24(27)28)17-11-15(6-7-19(17)32-20)16-5-4-10-29-12-16/h4-12,18H,13-14H2,1-3H3,(H3,27,28)/t18-/m1/s1. The second-order valence-electron chi connectivity index (χ2n) is 8.96. The highest BCUT2D eigenvalue weighted by Crippen LogP contribution is 2.50. The van der Waals surface area contributed by atoms with Crippen molar-refractivity contribution in [1.82, 2.24) is 4.98 Å². The molecule has 0 spiro atoms. The quantitative estimate of drug-likeness (QED) is 0.330. The highest BCUT2D eigenvalue weighted by Gasteiger charge is 2.32. The van der Waals surface area contributed by atoms with Gasteiger partial charge in [-0.3, -0.25) is 10.4 Å². The van der Waals surface area contributed by atoms with Gasteiger partial charge in [0, 0.05) is 29.1 Å². The summed E-state index contributed by atoms with van der Waals surface area (Å²) in [7, 11) is 0. The molecule has 0 radical (unpaired) electrons. The Labute approximate surface area is 196 Å². The first-order valence-electron chi connectivity index (χ1n) is 10.4. The average Bonchev–Trinajstić information content (AvgIpc) is 2.76. The number of pyridine rings is 1. The lowest BCUT2D eigenvalue weighted by molar-refractivity contribution is 0.196. The molecule has 6 nitrogen and oxygen atoms in total. The van der Waals surface area contributed by atoms with Crippen molar-refractivity contribution in [1.29, 1.82) is 5.41 Å². The van der Waals surface area contributed by atoms with E-state index in [2.05, 4.69) is 47.8 Å². The molecule has 0 amide bonds. The molecule has 0 saturated carbocycles. The Bertz CT molecular complexity index is 1140. The first-order valence-corrected chi connectivity index (χ1v) is 11.2. The molecule has 2 heterocycles. The highest BCUT2D eigenvalue weighted by molar-refractivity contribution is 9.10. The molecule has 0 unspecified atom stereocenters. The van der Waals surface area contributed by atoms with Crippen LogP contribution in [0.2, 0.25) is 0 Å². The van der Waals surface area contributed by atoms with Crippen molar-refractivity contribution in [3.63, 3.8) is 0 Å². The minimum absolute atomic E-state index is 0.0220. The molecule has 1 aliphatic rings. The lowest BCUT2D eigenvalue weighted by atomic mass is 9.86. The van der Waals surface area contributed by atoms with Crippen molar-refractivity contribution < 1.29 is 14.2 Å². The number of nitrogens with one attached hydrogen (secondary N) is 1. The summed E-state index contributed by atoms with van der Waals surface area (Å²) in [6.45, 7) is 7.16. The van der Waals surface area contributed by atoms with Gasteiger partial charge in [0.1, 0.15) is 23.9 Å². The van der Waals surface area contributed by atoms with Gasteiger partial charge in [0.05, 0.1) is 17.0 Å². The predicted octanol–water partition coefficient (Wildman–Crippen LogP) is 6.08. The van der Waals surface area contributed by atoms with Gasteiger partial charge in [0.2, 0.25) is 0 Å². The second-order valence-corrected chi connectivity index (χ2v) is 9.76. The summed E-state index contributed by atoms with van der Waals surface area (Å²) in [5.41, 5.74) is 9.43. The van der Waals surface area contributed by atoms with Crippen LogP contribution >= 0.6 is 15.9 Å². The average molecular weight is 496 g/mol. The van der Waals surface area contributed by atoms with Crippen LogP contribution in [0.1, 0.15) is 37.8 Å². The molecule has 0 aliphatic carbocycles. The minimum atomic E-state index is -0.320. The van der Waals surface area contributed by atoms with E-state index in [1.165, 1.54) is 0 Å². The van der Waals surface area contributed by atoms with Gasteiger partial charge in [-0.25, -0.2) is 0 Å². The molecule has 2 aromatic carbocycles. The fraction of sp³-hybridized carbons (Fsp3) is 0.280. The van der Waals surface area contributed by atoms with Gasteiger partial charge in [0.25, 0.3) is 6.02 Å². The third-order valence-electron chi connectivity index (χ3n) is 5.12. The summed E-state index contributed by atoms with van der Waals surface area (Å²) in [6, 6.07) is 13.5. The van der Waals surface area contributed by atoms with E-state index in [-0.39, 0.29) is 24.0 Å². The topological polar surface area (TPSA) is 90.5 Å². The maximum absolute atomic E-state index is 7.57. The SMILES string of the molecule is CC(C)(C)COc1ccc2c(c1Br)[C@H](COC(=N)N)c1cc(-c3cccnc3)ccc1O2. The lowest BCUT2D eigenvalue weighted by Crippen LogP contribution is -2.22. The zero-order valence-electron chi connectivity index (χ0n) is 18.3. The van der Waals surface area contributed by atoms with Gasteiger partial charge < -0.3 is 19.9 Å². The number of ether oxygens (including phenoxy) is 3. The summed E-state index contributed by atoms with van der Waals surface area (Å²) < 4.78 is 18.6. The van der Waals surface area contributed by atoms with Crippen molar-refractivity contribution in [2.24, 2.45) is 11.1 Å². The van der Waals surface area contributed by atoms with E-state index in [0.29, 0.717) is 6.61 Å². The molecule has 166 valence electrons. The number of halogens is 1. The molecule has 4 rings (SSSR count). The lowest BCUT2D eigenvalue weighted by Gasteiger charge is -2.30. The molecule has 32 heavy (non-hydrogen) atoms. The van der Waals surface area contributed by atoms with Crippen LogP contribution in [0.5, 0.6) is 17.2 Å². The van der Waals surface area contributed by atoms with Crippen LogP contribution in [-0.2, 0) is 4.74 Å². The molecule has 7 heteroatoms. The number of fused-ring (bicyclic) bond motifs is 2. The summed E-state index contributed by atoms with van der Waals surface area (Å²) in [6.07, 6.45) is 3.58. The van der Waals surface area contributed by atoms with Gasteiger partial charge in [0.15, 0.2) is 0 Å². The summed E-state index contributed by atoms with van der Waals surface area (Å²) in [5.74, 6) is 2.00. The van der Waals surface area contributed by atoms with Crippen molar-refractivity contribution in [2.75, 3.05) is 13.2 Å². The van der Waals surface area contributed by atoms with Gasteiger partial charge in [-0.15, -0.1) is 0 Å². The number of nitrogens with zero attached hydrogens (tertiary/aromatic N) is 1. The van der Waals surface area contributed by atoms with Crippen LogP contribution in [0.4, 0.5) is 0 Å². The van der Waals surface area contributed by atoms with Crippen LogP contribution in [0.3, 0.4) is 0 Å². The van der Waals surface area contributed by atoms with Gasteiger partial charge in [-0.1, -0.05) is 32.9 Å². The minimum Gasteiger partial charge on any atom is -0.492 e. The van der Waals surface area contributed by atoms with Crippen LogP contribution in [0.15, 0.2) is 59.3 Å². The number of amidine groups is 1. The Balaban J connectivity index is 1.78. The third kappa shape index (κ3) is 4.72. The largest absolute Gasteiger partial charge is 0.492 e. The number of nitrogens with two attached hydrogens (primary N) is 1. The zero-order valence-corrected chi connectivity index (χ0v) is 19.9. The first-order chi connectivity index (χ1) is 15.2. The molecule has 1 aliphatic heterocycles. The van der Waals surface area contributed by atoms with E-state index in [9.17, 15) is 0 Å². The van der Waals surface area contributed by atoms with Crippen LogP contribution in [0, 0.1) is 10.8 Å². The molecule has 3 N–H and O–H groups in total. The van der Waals surface area contributed by atoms with E-state index in [1.54, 1.807) is 6.20 Å². The van der Waals surface area contributed by atoms with Crippen LogP contribution in [0.25, 0.3) is 11.1 Å². The van der Waals surface area contributed by atoms with E-state index in [0.717, 1.165) is 44.0 Å². The maximum atomic E-state index is 7.57. The fourth-order valence-corrected chi connectivity index (χ4v) is 4.34. The smallest absolute Gasteiger partial charge is 0.279 e. The highest BCUT2D eigenvalue weighted by atomic mass is 79.9. The Hall–Kier alpha value is -3.06. The molecule has 1 atom stereocenters. The van der Waals surface area contributed by atoms with Crippen LogP contribution in [-0.4, -0.2) is 24.2 Å². The number of hydrogen-bond donors (Lipinski definition) is 2. The second kappa shape index (κ2) is 8.82. The maximum Gasteiger partial charge on any atom is 0.279 e. The van der Waals surface area contributed by atoms with Gasteiger partial charge in [-0.05, 0) is 57.2 Å². The summed E-state index contributed by atoms with van der Waals surface area (Å²) in [4.78, 5) is 4.23. The Kier molecular flexibility index (Phi) is 6.11. The zero-order chi connectivity index (χ0) is 22.9. The molecule has 0 fully saturated rings. The molecule has 0 bridgehead atoms. The molecule has 0 saturated heterocycles. The molecular formula is C25H26BrN3O3. The van der Waals surface area contributed by atoms with Crippen LogP contribution < -0.4 is 15.2 Å². The molecule has 1 aromatic heterocycles. The van der Waals surface area contributed by atoms with E-state index in [1.807, 2.05) is 42.6 Å². The van der Waals surface area contributed by atoms with Crippen molar-refractivity contribution in [3.8, 4) is 28.4 Å². The fourth-order valence-electron chi connectivity index (χ4n) is 3.62. The Morgan fingerprint density at radius 3 is 2.62 bits per heavy atom. The molecule has 3 aromatic rings. The number of rotatable bonds is 5. The van der Waals surface area contributed by atoms with Crippen molar-refractivity contribution in [3.05, 3.63) is 70.5 Å². The number of aromatic nitrogens is 1. The predicted molar refractivity (Wildman–Crippen MR) is 129 cm³/mol. The van der Waals surface area contributed by atoms with Gasteiger partial charge in [-0.2, -0.15) is 0 Å². The van der Waals surface area contributed by atoms with Gasteiger partial charge >= 0.3 is 0 Å². The first kappa shape index (κ1) is 22.1. The number of hydrogen-bond acceptors (Lipinski definition) is 5. The summed E-state index contributed by atoms with van der Waals surface area (Å²) >= 11 is 3.74. The van der Waals surface area contributed by atoms with E-state index < -0.39 is 0 Å². The number of benzene rings is 2.